The van der Waals surface area contributed by atoms with Gasteiger partial charge in [0.1, 0.15) is 5.75 Å². The number of aliphatic hydroxyl groups is 1. The number of nitro groups is 2. The first-order chi connectivity index (χ1) is 12.9. The van der Waals surface area contributed by atoms with Gasteiger partial charge in [-0.3, -0.25) is 20.2 Å². The smallest absolute Gasteiger partial charge is 0.302 e. The Morgan fingerprint density at radius 2 is 2.00 bits per heavy atom. The molecule has 0 aliphatic carbocycles. The van der Waals surface area contributed by atoms with Crippen LogP contribution in [0.4, 0.5) is 17.1 Å². The van der Waals surface area contributed by atoms with Crippen molar-refractivity contribution >= 4 is 17.1 Å². The number of ether oxygens (including phenoxy) is 1. The van der Waals surface area contributed by atoms with Crippen molar-refractivity contribution in [2.75, 3.05) is 18.6 Å². The standard InChI is InChI=1S/C18H19N3O6/c1-11-13(10-22)8-15(20(23)24)18(17(11)21(25)26)19-7-6-14-12(9-19)4-3-5-16(14)27-2/h3-5,8,22H,6-7,9-10H2,1-2H3. The normalized spacial score (nSPS) is 13.2. The van der Waals surface area contributed by atoms with Crippen molar-refractivity contribution in [3.8, 4) is 5.75 Å². The molecule has 1 aliphatic heterocycles. The van der Waals surface area contributed by atoms with E-state index >= 15 is 0 Å². The molecule has 0 atom stereocenters. The van der Waals surface area contributed by atoms with Gasteiger partial charge >= 0.3 is 5.69 Å². The molecular weight excluding hydrogens is 354 g/mol. The van der Waals surface area contributed by atoms with Crippen LogP contribution in [-0.4, -0.2) is 28.6 Å². The number of benzene rings is 2. The number of rotatable bonds is 5. The fraction of sp³-hybridized carbons (Fsp3) is 0.333. The van der Waals surface area contributed by atoms with E-state index in [1.165, 1.54) is 13.0 Å². The van der Waals surface area contributed by atoms with Crippen molar-refractivity contribution < 1.29 is 19.7 Å². The van der Waals surface area contributed by atoms with Gasteiger partial charge in [-0.2, -0.15) is 0 Å². The second-order valence-electron chi connectivity index (χ2n) is 6.32. The topological polar surface area (TPSA) is 119 Å². The van der Waals surface area contributed by atoms with E-state index in [0.29, 0.717) is 19.5 Å². The zero-order valence-electron chi connectivity index (χ0n) is 15.0. The molecule has 1 heterocycles. The van der Waals surface area contributed by atoms with Crippen LogP contribution in [0.5, 0.6) is 5.75 Å². The molecular formula is C18H19N3O6. The lowest BCUT2D eigenvalue weighted by Crippen LogP contribution is -2.32. The van der Waals surface area contributed by atoms with Gasteiger partial charge < -0.3 is 14.7 Å². The van der Waals surface area contributed by atoms with Crippen molar-refractivity contribution in [3.63, 3.8) is 0 Å². The van der Waals surface area contributed by atoms with Crippen LogP contribution in [0.3, 0.4) is 0 Å². The molecule has 2 aromatic rings. The molecule has 27 heavy (non-hydrogen) atoms. The van der Waals surface area contributed by atoms with Crippen molar-refractivity contribution in [1.82, 2.24) is 0 Å². The Hall–Kier alpha value is -3.20. The molecule has 3 rings (SSSR count). The molecule has 9 nitrogen and oxygen atoms in total. The fourth-order valence-electron chi connectivity index (χ4n) is 3.59. The monoisotopic (exact) mass is 373 g/mol. The van der Waals surface area contributed by atoms with Crippen molar-refractivity contribution in [2.24, 2.45) is 0 Å². The maximum absolute atomic E-state index is 11.7. The van der Waals surface area contributed by atoms with E-state index in [9.17, 15) is 25.3 Å². The van der Waals surface area contributed by atoms with Gasteiger partial charge in [-0.05, 0) is 30.5 Å². The third-order valence-corrected chi connectivity index (χ3v) is 4.92. The Morgan fingerprint density at radius 1 is 1.26 bits per heavy atom. The lowest BCUT2D eigenvalue weighted by atomic mass is 9.96. The summed E-state index contributed by atoms with van der Waals surface area (Å²) < 4.78 is 5.36. The van der Waals surface area contributed by atoms with Gasteiger partial charge in [-0.15, -0.1) is 0 Å². The van der Waals surface area contributed by atoms with Gasteiger partial charge in [0.05, 0.1) is 23.6 Å². The quantitative estimate of drug-likeness (QED) is 0.632. The highest BCUT2D eigenvalue weighted by Crippen LogP contribution is 2.44. The Kier molecular flexibility index (Phi) is 4.95. The third-order valence-electron chi connectivity index (χ3n) is 4.92. The zero-order chi connectivity index (χ0) is 19.7. The fourth-order valence-corrected chi connectivity index (χ4v) is 3.59. The summed E-state index contributed by atoms with van der Waals surface area (Å²) in [6.07, 6.45) is 0.550. The molecule has 0 unspecified atom stereocenters. The molecule has 2 aromatic carbocycles. The molecule has 142 valence electrons. The van der Waals surface area contributed by atoms with Crippen LogP contribution >= 0.6 is 0 Å². The SMILES string of the molecule is COc1cccc2c1CCN(c1c([N+](=O)[O-])cc(CO)c(C)c1[N+](=O)[O-])C2. The van der Waals surface area contributed by atoms with E-state index in [0.717, 1.165) is 16.9 Å². The summed E-state index contributed by atoms with van der Waals surface area (Å²) in [7, 11) is 1.58. The maximum atomic E-state index is 11.7. The average Bonchev–Trinajstić information content (AvgIpc) is 2.65. The average molecular weight is 373 g/mol. The highest BCUT2D eigenvalue weighted by Gasteiger charge is 2.35. The first-order valence-electron chi connectivity index (χ1n) is 8.34. The van der Waals surface area contributed by atoms with Crippen molar-refractivity contribution in [3.05, 3.63) is 66.7 Å². The molecule has 0 spiro atoms. The Bertz CT molecular complexity index is 928. The van der Waals surface area contributed by atoms with Crippen LogP contribution in [0, 0.1) is 27.2 Å². The van der Waals surface area contributed by atoms with Crippen molar-refractivity contribution in [2.45, 2.75) is 26.5 Å². The molecule has 0 saturated heterocycles. The minimum absolute atomic E-state index is 0.0202. The molecule has 1 N–H and O–H groups in total. The predicted molar refractivity (Wildman–Crippen MR) is 98.2 cm³/mol. The number of nitro benzene ring substituents is 2. The van der Waals surface area contributed by atoms with E-state index in [1.54, 1.807) is 12.0 Å². The molecule has 0 saturated carbocycles. The molecule has 0 amide bonds. The Morgan fingerprint density at radius 3 is 2.59 bits per heavy atom. The lowest BCUT2D eigenvalue weighted by molar-refractivity contribution is -0.393. The van der Waals surface area contributed by atoms with Crippen LogP contribution in [-0.2, 0) is 19.6 Å². The van der Waals surface area contributed by atoms with E-state index in [2.05, 4.69) is 0 Å². The number of hydrogen-bond acceptors (Lipinski definition) is 7. The van der Waals surface area contributed by atoms with E-state index in [-0.39, 0.29) is 28.2 Å². The second kappa shape index (κ2) is 7.20. The minimum atomic E-state index is -0.637. The minimum Gasteiger partial charge on any atom is -0.496 e. The molecule has 1 aliphatic rings. The lowest BCUT2D eigenvalue weighted by Gasteiger charge is -2.31. The molecule has 0 radical (unpaired) electrons. The van der Waals surface area contributed by atoms with Gasteiger partial charge in [0.2, 0.25) is 0 Å². The number of fused-ring (bicyclic) bond motifs is 1. The molecule has 9 heteroatoms. The van der Waals surface area contributed by atoms with Crippen LogP contribution in [0.2, 0.25) is 0 Å². The van der Waals surface area contributed by atoms with Crippen LogP contribution < -0.4 is 9.64 Å². The van der Waals surface area contributed by atoms with Crippen LogP contribution in [0.1, 0.15) is 22.3 Å². The first kappa shape index (κ1) is 18.6. The number of anilines is 1. The summed E-state index contributed by atoms with van der Waals surface area (Å²) >= 11 is 0. The summed E-state index contributed by atoms with van der Waals surface area (Å²) in [5, 5.41) is 32.8. The first-order valence-corrected chi connectivity index (χ1v) is 8.34. The summed E-state index contributed by atoms with van der Waals surface area (Å²) in [6, 6.07) is 6.78. The van der Waals surface area contributed by atoms with Gasteiger partial charge in [0.15, 0.2) is 5.69 Å². The second-order valence-corrected chi connectivity index (χ2v) is 6.32. The zero-order valence-corrected chi connectivity index (χ0v) is 15.0. The molecule has 0 fully saturated rings. The van der Waals surface area contributed by atoms with Crippen LogP contribution in [0.15, 0.2) is 24.3 Å². The van der Waals surface area contributed by atoms with Gasteiger partial charge in [0.25, 0.3) is 5.69 Å². The summed E-state index contributed by atoms with van der Waals surface area (Å²) in [4.78, 5) is 23.8. The highest BCUT2D eigenvalue weighted by atomic mass is 16.6. The summed E-state index contributed by atoms with van der Waals surface area (Å²) in [5.74, 6) is 0.739. The van der Waals surface area contributed by atoms with Crippen molar-refractivity contribution in [1.29, 1.82) is 0 Å². The van der Waals surface area contributed by atoms with Gasteiger partial charge in [-0.25, -0.2) is 0 Å². The van der Waals surface area contributed by atoms with Gasteiger partial charge in [0, 0.05) is 30.3 Å². The van der Waals surface area contributed by atoms with E-state index in [1.807, 2.05) is 18.2 Å². The number of methoxy groups -OCH3 is 1. The van der Waals surface area contributed by atoms with Gasteiger partial charge in [-0.1, -0.05) is 12.1 Å². The number of aliphatic hydroxyl groups excluding tert-OH is 1. The highest BCUT2D eigenvalue weighted by molar-refractivity contribution is 5.79. The number of hydrogen-bond donors (Lipinski definition) is 1. The Labute approximate surface area is 155 Å². The van der Waals surface area contributed by atoms with E-state index in [4.69, 9.17) is 4.74 Å². The number of nitrogens with zero attached hydrogens (tertiary/aromatic N) is 3. The third kappa shape index (κ3) is 3.17. The van der Waals surface area contributed by atoms with E-state index < -0.39 is 16.5 Å². The predicted octanol–water partition coefficient (Wildman–Crippen LogP) is 2.88. The summed E-state index contributed by atoms with van der Waals surface area (Å²) in [5.41, 5.74) is 1.60. The van der Waals surface area contributed by atoms with Crippen LogP contribution in [0.25, 0.3) is 0 Å². The maximum Gasteiger partial charge on any atom is 0.302 e. The Balaban J connectivity index is 2.17. The molecule has 0 aromatic heterocycles. The largest absolute Gasteiger partial charge is 0.496 e. The summed E-state index contributed by atoms with van der Waals surface area (Å²) in [6.45, 7) is 1.67. The molecule has 0 bridgehead atoms.